The van der Waals surface area contributed by atoms with Crippen LogP contribution < -0.4 is 14.8 Å². The van der Waals surface area contributed by atoms with E-state index in [9.17, 15) is 10.1 Å². The fraction of sp³-hybridized carbons (Fsp3) is 0.500. The van der Waals surface area contributed by atoms with Crippen molar-refractivity contribution in [2.45, 2.75) is 44.2 Å². The number of tetrazole rings is 1. The third-order valence-electron chi connectivity index (χ3n) is 4.68. The van der Waals surface area contributed by atoms with E-state index in [0.29, 0.717) is 35.7 Å². The van der Waals surface area contributed by atoms with Gasteiger partial charge in [-0.2, -0.15) is 10.1 Å². The minimum Gasteiger partial charge on any atom is -0.493 e. The molecule has 27 heavy (non-hydrogen) atoms. The van der Waals surface area contributed by atoms with E-state index in [4.69, 9.17) is 9.47 Å². The number of hydrogen-bond donors (Lipinski definition) is 1. The van der Waals surface area contributed by atoms with Crippen LogP contribution in [-0.4, -0.2) is 45.9 Å². The van der Waals surface area contributed by atoms with E-state index in [1.165, 1.54) is 4.80 Å². The first-order valence-corrected chi connectivity index (χ1v) is 8.81. The van der Waals surface area contributed by atoms with Crippen LogP contribution in [0.5, 0.6) is 11.5 Å². The summed E-state index contributed by atoms with van der Waals surface area (Å²) < 4.78 is 10.5. The summed E-state index contributed by atoms with van der Waals surface area (Å²) in [5.41, 5.74) is -0.0812. The Balaban J connectivity index is 1.69. The van der Waals surface area contributed by atoms with Crippen molar-refractivity contribution in [1.29, 1.82) is 5.26 Å². The zero-order valence-electron chi connectivity index (χ0n) is 15.4. The fourth-order valence-corrected chi connectivity index (χ4v) is 3.26. The van der Waals surface area contributed by atoms with Crippen LogP contribution in [0.3, 0.4) is 0 Å². The average molecular weight is 370 g/mol. The molecule has 1 amide bonds. The molecule has 1 fully saturated rings. The summed E-state index contributed by atoms with van der Waals surface area (Å²) in [6.45, 7) is -0.0935. The molecule has 1 aromatic heterocycles. The van der Waals surface area contributed by atoms with Crippen molar-refractivity contribution < 1.29 is 14.3 Å². The van der Waals surface area contributed by atoms with Crippen molar-refractivity contribution in [3.63, 3.8) is 0 Å². The van der Waals surface area contributed by atoms with Gasteiger partial charge in [0.15, 0.2) is 11.5 Å². The van der Waals surface area contributed by atoms with E-state index in [-0.39, 0.29) is 12.5 Å². The third-order valence-corrected chi connectivity index (χ3v) is 4.68. The van der Waals surface area contributed by atoms with E-state index in [2.05, 4.69) is 26.8 Å². The number of rotatable bonds is 6. The Labute approximate surface area is 157 Å². The zero-order valence-corrected chi connectivity index (χ0v) is 15.4. The van der Waals surface area contributed by atoms with E-state index >= 15 is 0 Å². The third kappa shape index (κ3) is 4.16. The Morgan fingerprint density at radius 1 is 1.26 bits per heavy atom. The van der Waals surface area contributed by atoms with E-state index in [1.807, 2.05) is 0 Å². The highest BCUT2D eigenvalue weighted by Crippen LogP contribution is 2.31. The van der Waals surface area contributed by atoms with Gasteiger partial charge in [0.05, 0.1) is 20.3 Å². The van der Waals surface area contributed by atoms with Crippen molar-refractivity contribution in [2.75, 3.05) is 14.2 Å². The second-order valence-electron chi connectivity index (χ2n) is 6.52. The molecule has 1 heterocycles. The lowest BCUT2D eigenvalue weighted by Crippen LogP contribution is -2.49. The molecule has 1 saturated carbocycles. The average Bonchev–Trinajstić information content (AvgIpc) is 3.16. The van der Waals surface area contributed by atoms with Crippen LogP contribution in [0.15, 0.2) is 18.2 Å². The molecule has 142 valence electrons. The lowest BCUT2D eigenvalue weighted by Gasteiger charge is -2.31. The van der Waals surface area contributed by atoms with Gasteiger partial charge in [0.1, 0.15) is 12.1 Å². The number of nitrogens with zero attached hydrogens (tertiary/aromatic N) is 5. The number of benzene rings is 1. The van der Waals surface area contributed by atoms with Crippen LogP contribution in [0.4, 0.5) is 0 Å². The molecule has 0 saturated heterocycles. The normalized spacial score (nSPS) is 15.6. The van der Waals surface area contributed by atoms with Crippen LogP contribution >= 0.6 is 0 Å². The van der Waals surface area contributed by atoms with E-state index in [1.54, 1.807) is 32.4 Å². The number of nitriles is 1. The summed E-state index contributed by atoms with van der Waals surface area (Å²) in [6, 6.07) is 7.55. The number of nitrogens with one attached hydrogen (secondary N) is 1. The van der Waals surface area contributed by atoms with Crippen LogP contribution in [-0.2, 0) is 11.3 Å². The van der Waals surface area contributed by atoms with Crippen LogP contribution in [0.1, 0.15) is 32.1 Å². The molecule has 0 atom stereocenters. The van der Waals surface area contributed by atoms with Gasteiger partial charge in [-0.15, -0.1) is 10.2 Å². The maximum absolute atomic E-state index is 12.3. The Bertz CT molecular complexity index is 851. The second-order valence-corrected chi connectivity index (χ2v) is 6.52. The first-order chi connectivity index (χ1) is 13.1. The van der Waals surface area contributed by atoms with Crippen molar-refractivity contribution in [1.82, 2.24) is 25.5 Å². The molecule has 9 heteroatoms. The van der Waals surface area contributed by atoms with Crippen molar-refractivity contribution in [3.8, 4) is 29.0 Å². The Morgan fingerprint density at radius 2 is 2.00 bits per heavy atom. The van der Waals surface area contributed by atoms with Crippen LogP contribution in [0.25, 0.3) is 11.4 Å². The van der Waals surface area contributed by atoms with Gasteiger partial charge in [-0.25, -0.2) is 0 Å². The highest BCUT2D eigenvalue weighted by molar-refractivity contribution is 5.77. The lowest BCUT2D eigenvalue weighted by molar-refractivity contribution is -0.123. The highest BCUT2D eigenvalue weighted by Gasteiger charge is 2.33. The summed E-state index contributed by atoms with van der Waals surface area (Å²) in [4.78, 5) is 13.6. The molecular formula is C18H22N6O3. The number of ether oxygens (including phenoxy) is 2. The molecule has 0 bridgehead atoms. The Hall–Kier alpha value is -3.15. The predicted octanol–water partition coefficient (Wildman–Crippen LogP) is 1.70. The van der Waals surface area contributed by atoms with E-state index in [0.717, 1.165) is 19.3 Å². The SMILES string of the molecule is COc1ccc(-c2nnn(CC(=O)NC3(C#N)CCCCC3)n2)cc1OC. The van der Waals surface area contributed by atoms with Gasteiger partial charge >= 0.3 is 0 Å². The molecular weight excluding hydrogens is 348 g/mol. The quantitative estimate of drug-likeness (QED) is 0.823. The number of aromatic nitrogens is 4. The minimum atomic E-state index is -0.776. The lowest BCUT2D eigenvalue weighted by atomic mass is 9.83. The topological polar surface area (TPSA) is 115 Å². The standard InChI is InChI=1S/C18H22N6O3/c1-26-14-7-6-13(10-15(14)27-2)17-21-23-24(22-17)11-16(25)20-18(12-19)8-4-3-5-9-18/h6-7,10H,3-5,8-9,11H2,1-2H3,(H,20,25). The van der Waals surface area contributed by atoms with Gasteiger partial charge in [0.25, 0.3) is 0 Å². The predicted molar refractivity (Wildman–Crippen MR) is 95.9 cm³/mol. The Kier molecular flexibility index (Phi) is 5.54. The number of carbonyl (C=O) groups is 1. The van der Waals surface area contributed by atoms with Gasteiger partial charge in [0.2, 0.25) is 11.7 Å². The molecule has 0 aliphatic heterocycles. The zero-order chi connectivity index (χ0) is 19.3. The van der Waals surface area contributed by atoms with Crippen molar-refractivity contribution in [3.05, 3.63) is 18.2 Å². The summed E-state index contributed by atoms with van der Waals surface area (Å²) in [6.07, 6.45) is 4.34. The number of hydrogen-bond acceptors (Lipinski definition) is 7. The second kappa shape index (κ2) is 8.03. The van der Waals surface area contributed by atoms with Gasteiger partial charge < -0.3 is 14.8 Å². The molecule has 3 rings (SSSR count). The summed E-state index contributed by atoms with van der Waals surface area (Å²) >= 11 is 0. The molecule has 1 N–H and O–H groups in total. The first kappa shape index (κ1) is 18.6. The monoisotopic (exact) mass is 370 g/mol. The minimum absolute atomic E-state index is 0.0935. The van der Waals surface area contributed by atoms with Gasteiger partial charge in [-0.3, -0.25) is 4.79 Å². The first-order valence-electron chi connectivity index (χ1n) is 8.81. The molecule has 0 radical (unpaired) electrons. The van der Waals surface area contributed by atoms with Gasteiger partial charge in [-0.05, 0) is 36.3 Å². The van der Waals surface area contributed by atoms with Crippen molar-refractivity contribution in [2.24, 2.45) is 0 Å². The molecule has 1 aliphatic rings. The number of amides is 1. The summed E-state index contributed by atoms with van der Waals surface area (Å²) in [5.74, 6) is 1.23. The molecule has 2 aromatic rings. The van der Waals surface area contributed by atoms with Gasteiger partial charge in [0, 0.05) is 5.56 Å². The van der Waals surface area contributed by atoms with Crippen LogP contribution in [0, 0.1) is 11.3 Å². The van der Waals surface area contributed by atoms with Gasteiger partial charge in [-0.1, -0.05) is 19.3 Å². The maximum Gasteiger partial charge on any atom is 0.244 e. The smallest absolute Gasteiger partial charge is 0.244 e. The summed E-state index contributed by atoms with van der Waals surface area (Å²) in [7, 11) is 3.11. The highest BCUT2D eigenvalue weighted by atomic mass is 16.5. The maximum atomic E-state index is 12.3. The largest absolute Gasteiger partial charge is 0.493 e. The Morgan fingerprint density at radius 3 is 2.67 bits per heavy atom. The van der Waals surface area contributed by atoms with Crippen molar-refractivity contribution >= 4 is 5.91 Å². The van der Waals surface area contributed by atoms with Crippen LogP contribution in [0.2, 0.25) is 0 Å². The summed E-state index contributed by atoms with van der Waals surface area (Å²) in [5, 5.41) is 24.5. The number of carbonyl (C=O) groups excluding carboxylic acids is 1. The number of methoxy groups -OCH3 is 2. The molecule has 0 spiro atoms. The van der Waals surface area contributed by atoms with E-state index < -0.39 is 5.54 Å². The molecule has 1 aromatic carbocycles. The fourth-order valence-electron chi connectivity index (χ4n) is 3.26. The molecule has 0 unspecified atom stereocenters. The molecule has 9 nitrogen and oxygen atoms in total. The molecule has 1 aliphatic carbocycles.